The van der Waals surface area contributed by atoms with Gasteiger partial charge in [-0.25, -0.2) is 4.39 Å². The summed E-state index contributed by atoms with van der Waals surface area (Å²) in [4.78, 5) is 16.4. The molecule has 6 heteroatoms. The van der Waals surface area contributed by atoms with Crippen LogP contribution in [0.4, 0.5) is 4.39 Å². The Morgan fingerprint density at radius 1 is 1.25 bits per heavy atom. The van der Waals surface area contributed by atoms with Crippen LogP contribution in [0.2, 0.25) is 0 Å². The second-order valence-corrected chi connectivity index (χ2v) is 5.53. The van der Waals surface area contributed by atoms with Crippen molar-refractivity contribution in [3.8, 4) is 11.3 Å². The van der Waals surface area contributed by atoms with E-state index in [1.54, 1.807) is 30.6 Å². The zero-order valence-corrected chi connectivity index (χ0v) is 13.2. The summed E-state index contributed by atoms with van der Waals surface area (Å²) in [5.74, 6) is -0.551. The van der Waals surface area contributed by atoms with E-state index in [1.165, 1.54) is 12.3 Å². The Kier molecular flexibility index (Phi) is 4.65. The molecule has 0 saturated heterocycles. The SMILES string of the molecule is C[C@H](CNC(=O)c1cn[nH]c1-c1ccccc1F)c1ccncc1. The average molecular weight is 324 g/mol. The van der Waals surface area contributed by atoms with Crippen LogP contribution >= 0.6 is 0 Å². The summed E-state index contributed by atoms with van der Waals surface area (Å²) in [5, 5.41) is 9.46. The third kappa shape index (κ3) is 3.32. The van der Waals surface area contributed by atoms with Gasteiger partial charge in [0.05, 0.1) is 17.5 Å². The van der Waals surface area contributed by atoms with Gasteiger partial charge in [-0.1, -0.05) is 19.1 Å². The summed E-state index contributed by atoms with van der Waals surface area (Å²) in [6, 6.07) is 10.1. The zero-order valence-electron chi connectivity index (χ0n) is 13.2. The fourth-order valence-electron chi connectivity index (χ4n) is 2.48. The summed E-state index contributed by atoms with van der Waals surface area (Å²) in [5.41, 5.74) is 2.11. The molecule has 0 aliphatic carbocycles. The Morgan fingerprint density at radius 3 is 2.75 bits per heavy atom. The van der Waals surface area contributed by atoms with Crippen LogP contribution in [0.3, 0.4) is 0 Å². The summed E-state index contributed by atoms with van der Waals surface area (Å²) in [7, 11) is 0. The predicted molar refractivity (Wildman–Crippen MR) is 89.0 cm³/mol. The first kappa shape index (κ1) is 15.9. The molecule has 0 unspecified atom stereocenters. The number of rotatable bonds is 5. The maximum absolute atomic E-state index is 13.9. The van der Waals surface area contributed by atoms with Gasteiger partial charge in [0.15, 0.2) is 0 Å². The quantitative estimate of drug-likeness (QED) is 0.757. The third-order valence-electron chi connectivity index (χ3n) is 3.87. The number of benzene rings is 1. The van der Waals surface area contributed by atoms with E-state index in [0.717, 1.165) is 5.56 Å². The standard InChI is InChI=1S/C18H17FN4O/c1-12(13-6-8-20-9-7-13)10-21-18(24)15-11-22-23-17(15)14-4-2-3-5-16(14)19/h2-9,11-12H,10H2,1H3,(H,21,24)(H,22,23)/t12-/m1/s1. The van der Waals surface area contributed by atoms with Gasteiger partial charge in [-0.2, -0.15) is 5.10 Å². The average Bonchev–Trinajstić information content (AvgIpc) is 3.10. The summed E-state index contributed by atoms with van der Waals surface area (Å²) < 4.78 is 13.9. The molecule has 1 aromatic carbocycles. The molecule has 0 aliphatic heterocycles. The van der Waals surface area contributed by atoms with E-state index in [4.69, 9.17) is 0 Å². The van der Waals surface area contributed by atoms with Crippen LogP contribution in [-0.4, -0.2) is 27.6 Å². The second kappa shape index (κ2) is 7.04. The van der Waals surface area contributed by atoms with Crippen molar-refractivity contribution in [3.63, 3.8) is 0 Å². The van der Waals surface area contributed by atoms with Crippen molar-refractivity contribution in [2.24, 2.45) is 0 Å². The fraction of sp³-hybridized carbons (Fsp3) is 0.167. The number of nitrogens with one attached hydrogen (secondary N) is 2. The van der Waals surface area contributed by atoms with Crippen molar-refractivity contribution in [2.45, 2.75) is 12.8 Å². The molecule has 2 aromatic heterocycles. The van der Waals surface area contributed by atoms with Crippen LogP contribution in [0.25, 0.3) is 11.3 Å². The lowest BCUT2D eigenvalue weighted by molar-refractivity contribution is 0.0952. The fourth-order valence-corrected chi connectivity index (χ4v) is 2.48. The van der Waals surface area contributed by atoms with Crippen molar-refractivity contribution >= 4 is 5.91 Å². The maximum Gasteiger partial charge on any atom is 0.255 e. The third-order valence-corrected chi connectivity index (χ3v) is 3.87. The Balaban J connectivity index is 1.73. The predicted octanol–water partition coefficient (Wildman–Crippen LogP) is 3.14. The number of amides is 1. The second-order valence-electron chi connectivity index (χ2n) is 5.53. The number of carbonyl (C=O) groups excluding carboxylic acids is 1. The van der Waals surface area contributed by atoms with E-state index in [2.05, 4.69) is 20.5 Å². The highest BCUT2D eigenvalue weighted by molar-refractivity contribution is 5.99. The van der Waals surface area contributed by atoms with Crippen LogP contribution in [-0.2, 0) is 0 Å². The van der Waals surface area contributed by atoms with Gasteiger partial charge in [-0.05, 0) is 35.7 Å². The Morgan fingerprint density at radius 2 is 2.00 bits per heavy atom. The minimum absolute atomic E-state index is 0.140. The molecule has 0 spiro atoms. The molecule has 1 amide bonds. The number of aromatic nitrogens is 3. The van der Waals surface area contributed by atoms with Crippen LogP contribution in [0.15, 0.2) is 55.0 Å². The molecule has 0 aliphatic rings. The van der Waals surface area contributed by atoms with Crippen LogP contribution in [0.1, 0.15) is 28.8 Å². The molecular weight excluding hydrogens is 307 g/mol. The van der Waals surface area contributed by atoms with Crippen molar-refractivity contribution in [3.05, 3.63) is 71.9 Å². The molecule has 3 rings (SSSR count). The normalized spacial score (nSPS) is 11.9. The lowest BCUT2D eigenvalue weighted by Gasteiger charge is -2.13. The van der Waals surface area contributed by atoms with E-state index < -0.39 is 5.82 Å². The molecule has 5 nitrogen and oxygen atoms in total. The smallest absolute Gasteiger partial charge is 0.255 e. The Bertz CT molecular complexity index is 832. The number of carbonyl (C=O) groups is 1. The number of pyridine rings is 1. The highest BCUT2D eigenvalue weighted by atomic mass is 19.1. The van der Waals surface area contributed by atoms with Crippen molar-refractivity contribution in [1.29, 1.82) is 0 Å². The summed E-state index contributed by atoms with van der Waals surface area (Å²) in [6.07, 6.45) is 4.86. The van der Waals surface area contributed by atoms with Gasteiger partial charge in [0.1, 0.15) is 5.82 Å². The van der Waals surface area contributed by atoms with E-state index >= 15 is 0 Å². The minimum atomic E-state index is -0.402. The molecule has 3 aromatic rings. The molecule has 24 heavy (non-hydrogen) atoms. The van der Waals surface area contributed by atoms with Crippen molar-refractivity contribution < 1.29 is 9.18 Å². The molecule has 0 radical (unpaired) electrons. The molecular formula is C18H17FN4O. The minimum Gasteiger partial charge on any atom is -0.351 e. The largest absolute Gasteiger partial charge is 0.351 e. The Labute approximate surface area is 138 Å². The molecule has 1 atom stereocenters. The first-order valence-corrected chi connectivity index (χ1v) is 7.63. The number of H-pyrrole nitrogens is 1. The lowest BCUT2D eigenvalue weighted by atomic mass is 10.0. The van der Waals surface area contributed by atoms with Gasteiger partial charge in [0.25, 0.3) is 5.91 Å². The first-order valence-electron chi connectivity index (χ1n) is 7.63. The maximum atomic E-state index is 13.9. The van der Waals surface area contributed by atoms with E-state index in [0.29, 0.717) is 23.4 Å². The number of nitrogens with zero attached hydrogens (tertiary/aromatic N) is 2. The van der Waals surface area contributed by atoms with Gasteiger partial charge in [0, 0.05) is 24.5 Å². The zero-order chi connectivity index (χ0) is 16.9. The molecule has 0 bridgehead atoms. The number of halogens is 1. The molecule has 2 N–H and O–H groups in total. The number of hydrogen-bond donors (Lipinski definition) is 2. The number of aromatic amines is 1. The van der Waals surface area contributed by atoms with Crippen LogP contribution in [0.5, 0.6) is 0 Å². The lowest BCUT2D eigenvalue weighted by Crippen LogP contribution is -2.27. The Hall–Kier alpha value is -3.02. The van der Waals surface area contributed by atoms with E-state index in [9.17, 15) is 9.18 Å². The summed E-state index contributed by atoms with van der Waals surface area (Å²) >= 11 is 0. The van der Waals surface area contributed by atoms with Crippen LogP contribution < -0.4 is 5.32 Å². The van der Waals surface area contributed by atoms with Crippen LogP contribution in [0, 0.1) is 5.82 Å². The van der Waals surface area contributed by atoms with Gasteiger partial charge in [0.2, 0.25) is 0 Å². The van der Waals surface area contributed by atoms with Gasteiger partial charge in [-0.3, -0.25) is 14.9 Å². The van der Waals surface area contributed by atoms with E-state index in [-0.39, 0.29) is 11.8 Å². The van der Waals surface area contributed by atoms with Gasteiger partial charge in [-0.15, -0.1) is 0 Å². The number of hydrogen-bond acceptors (Lipinski definition) is 3. The van der Waals surface area contributed by atoms with Crippen molar-refractivity contribution in [1.82, 2.24) is 20.5 Å². The van der Waals surface area contributed by atoms with Gasteiger partial charge < -0.3 is 5.32 Å². The molecule has 2 heterocycles. The van der Waals surface area contributed by atoms with Gasteiger partial charge >= 0.3 is 0 Å². The van der Waals surface area contributed by atoms with Crippen molar-refractivity contribution in [2.75, 3.05) is 6.54 Å². The topological polar surface area (TPSA) is 70.7 Å². The monoisotopic (exact) mass is 324 g/mol. The molecule has 122 valence electrons. The molecule has 0 saturated carbocycles. The molecule has 0 fully saturated rings. The highest BCUT2D eigenvalue weighted by Crippen LogP contribution is 2.24. The van der Waals surface area contributed by atoms with E-state index in [1.807, 2.05) is 19.1 Å². The first-order chi connectivity index (χ1) is 11.7. The highest BCUT2D eigenvalue weighted by Gasteiger charge is 2.18. The summed E-state index contributed by atoms with van der Waals surface area (Å²) in [6.45, 7) is 2.48.